The van der Waals surface area contributed by atoms with Gasteiger partial charge in [-0.1, -0.05) is 56.7 Å². The van der Waals surface area contributed by atoms with Crippen LogP contribution in [0.25, 0.3) is 0 Å². The second kappa shape index (κ2) is 15.6. The Labute approximate surface area is 148 Å². The number of unbranched alkanes of at least 4 members (excludes halogenated alkanes) is 4. The van der Waals surface area contributed by atoms with Gasteiger partial charge in [0.1, 0.15) is 0 Å². The van der Waals surface area contributed by atoms with Crippen molar-refractivity contribution in [1.29, 1.82) is 0 Å². The van der Waals surface area contributed by atoms with Gasteiger partial charge in [0.25, 0.3) is 0 Å². The molecule has 0 saturated carbocycles. The van der Waals surface area contributed by atoms with Crippen molar-refractivity contribution >= 4 is 11.9 Å². The van der Waals surface area contributed by atoms with E-state index in [1.807, 2.05) is 0 Å². The highest BCUT2D eigenvalue weighted by molar-refractivity contribution is 6.01. The molecule has 0 unspecified atom stereocenters. The first-order valence-electron chi connectivity index (χ1n) is 8.51. The molecule has 7 heteroatoms. The molecule has 7 nitrogen and oxygen atoms in total. The zero-order chi connectivity index (χ0) is 18.9. The van der Waals surface area contributed by atoms with Crippen LogP contribution in [0.1, 0.15) is 73.1 Å². The van der Waals surface area contributed by atoms with Crippen LogP contribution < -0.4 is 0 Å². The van der Waals surface area contributed by atoms with Crippen molar-refractivity contribution < 1.29 is 34.6 Å². The molecule has 2 N–H and O–H groups in total. The Morgan fingerprint density at radius 3 is 1.52 bits per heavy atom. The first kappa shape index (κ1) is 23.0. The molecule has 0 radical (unpaired) electrons. The molecule has 0 bridgehead atoms. The third-order valence-electron chi connectivity index (χ3n) is 3.15. The normalized spacial score (nSPS) is 10.0. The second-order valence-corrected chi connectivity index (χ2v) is 5.28. The second-order valence-electron chi connectivity index (χ2n) is 5.28. The quantitative estimate of drug-likeness (QED) is 0.326. The molecule has 0 spiro atoms. The summed E-state index contributed by atoms with van der Waals surface area (Å²) in [6.45, 7) is 5.56. The molecule has 0 aromatic heterocycles. The van der Waals surface area contributed by atoms with E-state index in [9.17, 15) is 9.59 Å². The molecule has 0 aliphatic carbocycles. The van der Waals surface area contributed by atoms with Crippen molar-refractivity contribution in [2.24, 2.45) is 0 Å². The fraction of sp³-hybridized carbons (Fsp3) is 0.556. The minimum atomic E-state index is -1.23. The van der Waals surface area contributed by atoms with Crippen LogP contribution in [-0.2, 0) is 14.8 Å². The zero-order valence-electron chi connectivity index (χ0n) is 14.9. The van der Waals surface area contributed by atoms with Crippen LogP contribution in [0.5, 0.6) is 0 Å². The maximum absolute atomic E-state index is 10.5. The lowest BCUT2D eigenvalue weighted by Gasteiger charge is -2.02. The number of carboxylic acid groups (broad SMARTS) is 2. The van der Waals surface area contributed by atoms with Crippen LogP contribution in [0.3, 0.4) is 0 Å². The highest BCUT2D eigenvalue weighted by atomic mass is 17.5. The van der Waals surface area contributed by atoms with Crippen LogP contribution in [-0.4, -0.2) is 35.4 Å². The van der Waals surface area contributed by atoms with E-state index >= 15 is 0 Å². The van der Waals surface area contributed by atoms with Crippen molar-refractivity contribution in [3.8, 4) is 0 Å². The molecule has 1 aromatic carbocycles. The van der Waals surface area contributed by atoms with Gasteiger partial charge in [0.05, 0.1) is 24.3 Å². The van der Waals surface area contributed by atoms with Gasteiger partial charge in [-0.2, -0.15) is 0 Å². The smallest absolute Gasteiger partial charge is 0.336 e. The highest BCUT2D eigenvalue weighted by Gasteiger charge is 2.13. The molecule has 0 saturated heterocycles. The molecule has 0 fully saturated rings. The number of rotatable bonds is 12. The lowest BCUT2D eigenvalue weighted by molar-refractivity contribution is -0.512. The van der Waals surface area contributed by atoms with Crippen LogP contribution >= 0.6 is 0 Å². The third-order valence-corrected chi connectivity index (χ3v) is 3.15. The lowest BCUT2D eigenvalue weighted by Crippen LogP contribution is -2.06. The first-order valence-corrected chi connectivity index (χ1v) is 8.51. The van der Waals surface area contributed by atoms with Gasteiger partial charge in [-0.25, -0.2) is 19.4 Å². The monoisotopic (exact) mass is 356 g/mol. The van der Waals surface area contributed by atoms with E-state index in [4.69, 9.17) is 20.0 Å². The summed E-state index contributed by atoms with van der Waals surface area (Å²) < 4.78 is 0. The zero-order valence-corrected chi connectivity index (χ0v) is 14.9. The van der Waals surface area contributed by atoms with Crippen molar-refractivity contribution in [3.63, 3.8) is 0 Å². The largest absolute Gasteiger partial charge is 0.478 e. The fourth-order valence-corrected chi connectivity index (χ4v) is 1.78. The summed E-state index contributed by atoms with van der Waals surface area (Å²) in [4.78, 5) is 30.5. The van der Waals surface area contributed by atoms with Crippen molar-refractivity contribution in [2.75, 3.05) is 13.2 Å². The number of hydrogen-bond donors (Lipinski definition) is 2. The van der Waals surface area contributed by atoms with E-state index in [1.165, 1.54) is 49.9 Å². The maximum atomic E-state index is 10.5. The fourth-order valence-electron chi connectivity index (χ4n) is 1.78. The topological polar surface area (TPSA) is 102 Å². The molecule has 1 rings (SSSR count). The standard InChI is InChI=1S/C10H22O3.C8H6O4/c1-3-5-7-9-11-13-12-10-8-6-4-2;9-7(10)5-3-1-2-4-6(5)8(11)12/h3-10H2,1-2H3;1-4H,(H,9,10)(H,11,12). The Morgan fingerprint density at radius 1 is 0.800 bits per heavy atom. The van der Waals surface area contributed by atoms with E-state index in [0.717, 1.165) is 12.8 Å². The summed E-state index contributed by atoms with van der Waals surface area (Å²) in [5.74, 6) is -2.46. The molecule has 142 valence electrons. The van der Waals surface area contributed by atoms with Gasteiger partial charge in [0.2, 0.25) is 0 Å². The van der Waals surface area contributed by atoms with E-state index in [0.29, 0.717) is 13.2 Å². The maximum Gasteiger partial charge on any atom is 0.336 e. The van der Waals surface area contributed by atoms with E-state index < -0.39 is 11.9 Å². The molecule has 0 aliphatic heterocycles. The van der Waals surface area contributed by atoms with Crippen molar-refractivity contribution in [1.82, 2.24) is 0 Å². The molecular formula is C18H28O7. The van der Waals surface area contributed by atoms with Crippen LogP contribution in [0, 0.1) is 0 Å². The van der Waals surface area contributed by atoms with Crippen LogP contribution in [0.15, 0.2) is 24.3 Å². The molecule has 0 amide bonds. The van der Waals surface area contributed by atoms with Gasteiger partial charge in [0.15, 0.2) is 0 Å². The Balaban J connectivity index is 0.000000462. The van der Waals surface area contributed by atoms with Gasteiger partial charge >= 0.3 is 11.9 Å². The predicted molar refractivity (Wildman–Crippen MR) is 92.4 cm³/mol. The molecule has 0 atom stereocenters. The van der Waals surface area contributed by atoms with Crippen LogP contribution in [0.2, 0.25) is 0 Å². The Kier molecular flexibility index (Phi) is 14.3. The average Bonchev–Trinajstić information content (AvgIpc) is 2.61. The Morgan fingerprint density at radius 2 is 1.20 bits per heavy atom. The van der Waals surface area contributed by atoms with E-state index in [1.54, 1.807) is 0 Å². The molecular weight excluding hydrogens is 328 g/mol. The first-order chi connectivity index (χ1) is 12.0. The van der Waals surface area contributed by atoms with E-state index in [2.05, 4.69) is 18.9 Å². The number of carbonyl (C=O) groups is 2. The van der Waals surface area contributed by atoms with Gasteiger partial charge in [-0.3, -0.25) is 0 Å². The number of benzene rings is 1. The lowest BCUT2D eigenvalue weighted by atomic mass is 10.1. The number of aromatic carboxylic acids is 2. The van der Waals surface area contributed by atoms with Crippen molar-refractivity contribution in [2.45, 2.75) is 52.4 Å². The van der Waals surface area contributed by atoms with Gasteiger partial charge in [-0.15, -0.1) is 0 Å². The van der Waals surface area contributed by atoms with Gasteiger partial charge in [-0.05, 0) is 25.0 Å². The van der Waals surface area contributed by atoms with E-state index in [-0.39, 0.29) is 11.1 Å². The summed E-state index contributed by atoms with van der Waals surface area (Å²) in [6, 6.07) is 5.48. The third kappa shape index (κ3) is 12.1. The number of hydrogen-bond acceptors (Lipinski definition) is 5. The summed E-state index contributed by atoms with van der Waals surface area (Å²) >= 11 is 0. The minimum absolute atomic E-state index is 0.190. The van der Waals surface area contributed by atoms with Gasteiger partial charge in [0, 0.05) is 0 Å². The average molecular weight is 356 g/mol. The van der Waals surface area contributed by atoms with Crippen molar-refractivity contribution in [3.05, 3.63) is 35.4 Å². The summed E-state index contributed by atoms with van der Waals surface area (Å²) in [5, 5.41) is 21.6. The molecule has 25 heavy (non-hydrogen) atoms. The Hall–Kier alpha value is -1.96. The van der Waals surface area contributed by atoms with Crippen LogP contribution in [0.4, 0.5) is 0 Å². The summed E-state index contributed by atoms with van der Waals surface area (Å²) in [6.07, 6.45) is 6.82. The summed E-state index contributed by atoms with van der Waals surface area (Å²) in [5.41, 5.74) is -0.380. The summed E-state index contributed by atoms with van der Waals surface area (Å²) in [7, 11) is 0. The predicted octanol–water partition coefficient (Wildman–Crippen LogP) is 4.33. The highest BCUT2D eigenvalue weighted by Crippen LogP contribution is 2.07. The number of carboxylic acids is 2. The Bertz CT molecular complexity index is 445. The molecule has 0 heterocycles. The minimum Gasteiger partial charge on any atom is -0.478 e. The van der Waals surface area contributed by atoms with Gasteiger partial charge < -0.3 is 10.2 Å². The molecule has 0 aliphatic rings. The molecule has 1 aromatic rings. The SMILES string of the molecule is CCCCCOOOCCCCC.O=C(O)c1ccccc1C(=O)O.